The average molecular weight is 255 g/mol. The van der Waals surface area contributed by atoms with Crippen molar-refractivity contribution in [3.05, 3.63) is 29.8 Å². The zero-order chi connectivity index (χ0) is 12.5. The van der Waals surface area contributed by atoms with Gasteiger partial charge in [-0.1, -0.05) is 32.4 Å². The molecule has 0 spiro atoms. The molecule has 0 saturated heterocycles. The molecule has 0 amide bonds. The predicted octanol–water partition coefficient (Wildman–Crippen LogP) is 4.82. The molecule has 0 radical (unpaired) electrons. The van der Waals surface area contributed by atoms with Crippen LogP contribution in [-0.4, -0.2) is 12.0 Å². The minimum absolute atomic E-state index is 0.316. The lowest BCUT2D eigenvalue weighted by Gasteiger charge is -2.09. The summed E-state index contributed by atoms with van der Waals surface area (Å²) < 4.78 is 5.55. The highest BCUT2D eigenvalue weighted by atomic mass is 35.5. The van der Waals surface area contributed by atoms with E-state index in [1.807, 2.05) is 12.1 Å². The highest BCUT2D eigenvalue weighted by molar-refractivity contribution is 6.20. The van der Waals surface area contributed by atoms with Crippen LogP contribution in [0.4, 0.5) is 0 Å². The minimum atomic E-state index is 0.316. The fourth-order valence-electron chi connectivity index (χ4n) is 1.75. The maximum absolute atomic E-state index is 6.21. The average Bonchev–Trinajstić information content (AvgIpc) is 2.35. The molecule has 1 atom stereocenters. The molecule has 0 aromatic heterocycles. The Bertz CT molecular complexity index is 294. The third-order valence-corrected chi connectivity index (χ3v) is 3.18. The van der Waals surface area contributed by atoms with Gasteiger partial charge in [0.1, 0.15) is 5.75 Å². The zero-order valence-corrected chi connectivity index (χ0v) is 11.7. The van der Waals surface area contributed by atoms with Crippen LogP contribution in [0.2, 0.25) is 0 Å². The molecule has 1 unspecified atom stereocenters. The molecule has 1 aromatic carbocycles. The van der Waals surface area contributed by atoms with Crippen molar-refractivity contribution < 1.29 is 4.74 Å². The van der Waals surface area contributed by atoms with Gasteiger partial charge >= 0.3 is 0 Å². The molecule has 1 aromatic rings. The van der Waals surface area contributed by atoms with E-state index in [2.05, 4.69) is 26.0 Å². The van der Waals surface area contributed by atoms with Crippen molar-refractivity contribution in [2.24, 2.45) is 0 Å². The summed E-state index contributed by atoms with van der Waals surface area (Å²) >= 11 is 6.21. The number of aryl methyl sites for hydroxylation is 1. The van der Waals surface area contributed by atoms with E-state index in [1.165, 1.54) is 5.56 Å². The molecule has 0 N–H and O–H groups in total. The Morgan fingerprint density at radius 3 is 2.35 bits per heavy atom. The first-order valence-electron chi connectivity index (χ1n) is 6.62. The summed E-state index contributed by atoms with van der Waals surface area (Å²) in [5, 5.41) is 0.316. The van der Waals surface area contributed by atoms with Crippen LogP contribution in [0, 0.1) is 0 Å². The molecule has 0 saturated carbocycles. The zero-order valence-electron chi connectivity index (χ0n) is 10.9. The maximum Gasteiger partial charge on any atom is 0.119 e. The summed E-state index contributed by atoms with van der Waals surface area (Å²) in [7, 11) is 0. The lowest BCUT2D eigenvalue weighted by Crippen LogP contribution is -2.00. The number of hydrogen-bond acceptors (Lipinski definition) is 1. The molecule has 1 rings (SSSR count). The standard InChI is InChI=1S/C15H23ClO/c1-3-5-14(16)9-6-13-7-10-15(11-8-13)17-12-4-2/h7-8,10-11,14H,3-6,9,12H2,1-2H3. The van der Waals surface area contributed by atoms with Crippen LogP contribution in [0.3, 0.4) is 0 Å². The number of benzene rings is 1. The van der Waals surface area contributed by atoms with Crippen molar-refractivity contribution in [3.8, 4) is 5.75 Å². The summed E-state index contributed by atoms with van der Waals surface area (Å²) in [6.07, 6.45) is 5.44. The van der Waals surface area contributed by atoms with Crippen molar-refractivity contribution >= 4 is 11.6 Å². The van der Waals surface area contributed by atoms with Gasteiger partial charge in [-0.3, -0.25) is 0 Å². The number of alkyl halides is 1. The van der Waals surface area contributed by atoms with E-state index in [4.69, 9.17) is 16.3 Å². The van der Waals surface area contributed by atoms with Gasteiger partial charge in [0.25, 0.3) is 0 Å². The molecule has 0 aliphatic rings. The Labute approximate surface area is 110 Å². The van der Waals surface area contributed by atoms with E-state index >= 15 is 0 Å². The molecule has 0 aliphatic heterocycles. The van der Waals surface area contributed by atoms with Gasteiger partial charge in [-0.05, 0) is 43.4 Å². The van der Waals surface area contributed by atoms with E-state index in [0.717, 1.165) is 44.5 Å². The first-order valence-corrected chi connectivity index (χ1v) is 7.05. The second-order valence-corrected chi connectivity index (χ2v) is 5.03. The highest BCUT2D eigenvalue weighted by Crippen LogP contribution is 2.17. The van der Waals surface area contributed by atoms with E-state index in [-0.39, 0.29) is 0 Å². The molecule has 0 bridgehead atoms. The Balaban J connectivity index is 2.34. The summed E-state index contributed by atoms with van der Waals surface area (Å²) in [4.78, 5) is 0. The van der Waals surface area contributed by atoms with Crippen molar-refractivity contribution in [1.82, 2.24) is 0 Å². The Morgan fingerprint density at radius 2 is 1.76 bits per heavy atom. The number of rotatable bonds is 8. The fourth-order valence-corrected chi connectivity index (χ4v) is 2.08. The monoisotopic (exact) mass is 254 g/mol. The first-order chi connectivity index (χ1) is 8.26. The Morgan fingerprint density at radius 1 is 1.06 bits per heavy atom. The van der Waals surface area contributed by atoms with Crippen molar-refractivity contribution in [1.29, 1.82) is 0 Å². The van der Waals surface area contributed by atoms with E-state index in [1.54, 1.807) is 0 Å². The van der Waals surface area contributed by atoms with Gasteiger partial charge in [-0.15, -0.1) is 11.6 Å². The van der Waals surface area contributed by atoms with Crippen molar-refractivity contribution in [2.75, 3.05) is 6.61 Å². The summed E-state index contributed by atoms with van der Waals surface area (Å²) in [5.74, 6) is 0.964. The van der Waals surface area contributed by atoms with Gasteiger partial charge in [0, 0.05) is 5.38 Å². The van der Waals surface area contributed by atoms with Gasteiger partial charge in [0.15, 0.2) is 0 Å². The molecular weight excluding hydrogens is 232 g/mol. The van der Waals surface area contributed by atoms with Crippen LogP contribution in [0.1, 0.15) is 45.1 Å². The molecular formula is C15H23ClO. The summed E-state index contributed by atoms with van der Waals surface area (Å²) in [6.45, 7) is 5.08. The minimum Gasteiger partial charge on any atom is -0.494 e. The summed E-state index contributed by atoms with van der Waals surface area (Å²) in [5.41, 5.74) is 1.34. The van der Waals surface area contributed by atoms with Gasteiger partial charge in [-0.25, -0.2) is 0 Å². The van der Waals surface area contributed by atoms with Crippen LogP contribution in [-0.2, 0) is 6.42 Å². The number of ether oxygens (including phenoxy) is 1. The van der Waals surface area contributed by atoms with Gasteiger partial charge < -0.3 is 4.74 Å². The molecule has 96 valence electrons. The Kier molecular flexibility index (Phi) is 7.11. The predicted molar refractivity (Wildman–Crippen MR) is 75.1 cm³/mol. The lowest BCUT2D eigenvalue weighted by atomic mass is 10.1. The fraction of sp³-hybridized carbons (Fsp3) is 0.600. The maximum atomic E-state index is 6.21. The quantitative estimate of drug-likeness (QED) is 0.605. The van der Waals surface area contributed by atoms with Gasteiger partial charge in [0.2, 0.25) is 0 Å². The van der Waals surface area contributed by atoms with Crippen LogP contribution < -0.4 is 4.74 Å². The van der Waals surface area contributed by atoms with Crippen molar-refractivity contribution in [3.63, 3.8) is 0 Å². The second-order valence-electron chi connectivity index (χ2n) is 4.42. The van der Waals surface area contributed by atoms with E-state index < -0.39 is 0 Å². The highest BCUT2D eigenvalue weighted by Gasteiger charge is 2.03. The van der Waals surface area contributed by atoms with E-state index in [0.29, 0.717) is 5.38 Å². The van der Waals surface area contributed by atoms with Crippen LogP contribution in [0.5, 0.6) is 5.75 Å². The third kappa shape index (κ3) is 5.97. The molecule has 0 fully saturated rings. The summed E-state index contributed by atoms with van der Waals surface area (Å²) in [6, 6.07) is 8.38. The Hall–Kier alpha value is -0.690. The SMILES string of the molecule is CCCOc1ccc(CCC(Cl)CCC)cc1. The topological polar surface area (TPSA) is 9.23 Å². The second kappa shape index (κ2) is 8.41. The largest absolute Gasteiger partial charge is 0.494 e. The third-order valence-electron chi connectivity index (χ3n) is 2.74. The van der Waals surface area contributed by atoms with Crippen LogP contribution in [0.25, 0.3) is 0 Å². The molecule has 17 heavy (non-hydrogen) atoms. The van der Waals surface area contributed by atoms with Gasteiger partial charge in [0.05, 0.1) is 6.61 Å². The molecule has 0 heterocycles. The molecule has 1 nitrogen and oxygen atoms in total. The molecule has 0 aliphatic carbocycles. The normalized spacial score (nSPS) is 12.4. The number of halogens is 1. The smallest absolute Gasteiger partial charge is 0.119 e. The van der Waals surface area contributed by atoms with Crippen molar-refractivity contribution in [2.45, 2.75) is 51.3 Å². The van der Waals surface area contributed by atoms with Crippen LogP contribution in [0.15, 0.2) is 24.3 Å². The van der Waals surface area contributed by atoms with Gasteiger partial charge in [-0.2, -0.15) is 0 Å². The lowest BCUT2D eigenvalue weighted by molar-refractivity contribution is 0.317. The molecule has 2 heteroatoms. The first kappa shape index (κ1) is 14.4. The van der Waals surface area contributed by atoms with E-state index in [9.17, 15) is 0 Å². The van der Waals surface area contributed by atoms with Crippen LogP contribution >= 0.6 is 11.6 Å². The number of hydrogen-bond donors (Lipinski definition) is 0.